The molecule has 1 aromatic carbocycles. The number of nitrogens with one attached hydrogen (secondary N) is 1. The molecule has 0 spiro atoms. The van der Waals surface area contributed by atoms with Crippen molar-refractivity contribution >= 4 is 15.7 Å². The number of phenolic OH excluding ortho intramolecular Hbond substituents is 1. The van der Waals surface area contributed by atoms with Crippen LogP contribution in [0.15, 0.2) is 18.2 Å². The van der Waals surface area contributed by atoms with Crippen molar-refractivity contribution in [2.24, 2.45) is 5.92 Å². The van der Waals surface area contributed by atoms with E-state index < -0.39 is 10.0 Å². The van der Waals surface area contributed by atoms with Gasteiger partial charge < -0.3 is 5.11 Å². The van der Waals surface area contributed by atoms with Gasteiger partial charge >= 0.3 is 0 Å². The maximum Gasteiger partial charge on any atom is 0.233 e. The van der Waals surface area contributed by atoms with Gasteiger partial charge in [0, 0.05) is 0 Å². The van der Waals surface area contributed by atoms with Crippen LogP contribution >= 0.6 is 0 Å². The Morgan fingerprint density at radius 3 is 2.58 bits per heavy atom. The van der Waals surface area contributed by atoms with Crippen LogP contribution in [0.5, 0.6) is 5.75 Å². The number of aryl methyl sites for hydroxylation is 1. The second kappa shape index (κ2) is 5.82. The molecule has 1 fully saturated rings. The van der Waals surface area contributed by atoms with Crippen LogP contribution in [0.25, 0.3) is 0 Å². The van der Waals surface area contributed by atoms with Gasteiger partial charge in [-0.25, -0.2) is 8.42 Å². The normalized spacial score (nSPS) is 17.3. The molecular formula is C14H21NO3S. The molecule has 1 aromatic rings. The topological polar surface area (TPSA) is 66.4 Å². The zero-order valence-corrected chi connectivity index (χ0v) is 12.0. The molecule has 106 valence electrons. The number of sulfonamides is 1. The summed E-state index contributed by atoms with van der Waals surface area (Å²) in [6.45, 7) is 1.78. The number of hydrogen-bond acceptors (Lipinski definition) is 3. The summed E-state index contributed by atoms with van der Waals surface area (Å²) in [6, 6.07) is 4.97. The average molecular weight is 283 g/mol. The molecule has 5 heteroatoms. The number of phenols is 1. The minimum Gasteiger partial charge on any atom is -0.506 e. The summed E-state index contributed by atoms with van der Waals surface area (Å²) in [6.07, 6.45) is 5.43. The predicted molar refractivity (Wildman–Crippen MR) is 76.8 cm³/mol. The van der Waals surface area contributed by atoms with Gasteiger partial charge in [-0.1, -0.05) is 31.4 Å². The second-order valence-corrected chi connectivity index (χ2v) is 7.12. The SMILES string of the molecule is Cc1cccc(O)c1NS(=O)(=O)CC1CCCCC1. The van der Waals surface area contributed by atoms with E-state index in [4.69, 9.17) is 0 Å². The molecule has 0 saturated heterocycles. The van der Waals surface area contributed by atoms with Crippen molar-refractivity contribution in [3.63, 3.8) is 0 Å². The van der Waals surface area contributed by atoms with E-state index in [0.29, 0.717) is 5.69 Å². The average Bonchev–Trinajstić information content (AvgIpc) is 2.35. The number of aromatic hydroxyl groups is 1. The molecule has 0 aliphatic heterocycles. The van der Waals surface area contributed by atoms with Crippen LogP contribution in [0.1, 0.15) is 37.7 Å². The van der Waals surface area contributed by atoms with Gasteiger partial charge in [0.1, 0.15) is 5.75 Å². The Labute approximate surface area is 114 Å². The van der Waals surface area contributed by atoms with Crippen molar-refractivity contribution < 1.29 is 13.5 Å². The molecule has 0 amide bonds. The number of rotatable bonds is 4. The summed E-state index contributed by atoms with van der Waals surface area (Å²) in [5, 5.41) is 9.73. The quantitative estimate of drug-likeness (QED) is 0.835. The number of benzene rings is 1. The van der Waals surface area contributed by atoms with Crippen molar-refractivity contribution in [1.29, 1.82) is 0 Å². The Kier molecular flexibility index (Phi) is 4.34. The first kappa shape index (κ1) is 14.2. The van der Waals surface area contributed by atoms with Crippen LogP contribution in [-0.2, 0) is 10.0 Å². The van der Waals surface area contributed by atoms with Crippen molar-refractivity contribution in [1.82, 2.24) is 0 Å². The molecule has 1 aliphatic rings. The highest BCUT2D eigenvalue weighted by Crippen LogP contribution is 2.29. The largest absolute Gasteiger partial charge is 0.506 e. The summed E-state index contributed by atoms with van der Waals surface area (Å²) in [5.41, 5.74) is 1.03. The fourth-order valence-corrected chi connectivity index (χ4v) is 4.26. The standard InChI is InChI=1S/C14H21NO3S/c1-11-6-5-9-13(16)14(11)15-19(17,18)10-12-7-3-2-4-8-12/h5-6,9,12,15-16H,2-4,7-8,10H2,1H3. The van der Waals surface area contributed by atoms with E-state index in [1.54, 1.807) is 19.1 Å². The molecule has 19 heavy (non-hydrogen) atoms. The molecule has 0 aromatic heterocycles. The summed E-state index contributed by atoms with van der Waals surface area (Å²) in [7, 11) is -3.39. The molecular weight excluding hydrogens is 262 g/mol. The summed E-state index contributed by atoms with van der Waals surface area (Å²) < 4.78 is 26.8. The third-order valence-electron chi connectivity index (χ3n) is 3.69. The smallest absolute Gasteiger partial charge is 0.233 e. The first-order chi connectivity index (χ1) is 8.98. The van der Waals surface area contributed by atoms with Gasteiger partial charge in [-0.3, -0.25) is 4.72 Å². The number of anilines is 1. The highest BCUT2D eigenvalue weighted by atomic mass is 32.2. The first-order valence-electron chi connectivity index (χ1n) is 6.77. The predicted octanol–water partition coefficient (Wildman–Crippen LogP) is 3.02. The van der Waals surface area contributed by atoms with E-state index in [0.717, 1.165) is 31.2 Å². The summed E-state index contributed by atoms with van der Waals surface area (Å²) in [4.78, 5) is 0. The number of para-hydroxylation sites is 1. The molecule has 0 atom stereocenters. The first-order valence-corrected chi connectivity index (χ1v) is 8.42. The highest BCUT2D eigenvalue weighted by Gasteiger charge is 2.22. The highest BCUT2D eigenvalue weighted by molar-refractivity contribution is 7.92. The van der Waals surface area contributed by atoms with Crippen LogP contribution in [0.3, 0.4) is 0 Å². The molecule has 0 unspecified atom stereocenters. The van der Waals surface area contributed by atoms with Crippen LogP contribution in [0, 0.1) is 12.8 Å². The Balaban J connectivity index is 2.08. The maximum atomic E-state index is 12.2. The lowest BCUT2D eigenvalue weighted by Crippen LogP contribution is -2.24. The van der Waals surface area contributed by atoms with Crippen LogP contribution in [-0.4, -0.2) is 19.3 Å². The van der Waals surface area contributed by atoms with Crippen LogP contribution in [0.4, 0.5) is 5.69 Å². The summed E-state index contributed by atoms with van der Waals surface area (Å²) >= 11 is 0. The second-order valence-electron chi connectivity index (χ2n) is 5.36. The maximum absolute atomic E-state index is 12.2. The number of hydrogen-bond donors (Lipinski definition) is 2. The molecule has 2 N–H and O–H groups in total. The van der Waals surface area contributed by atoms with E-state index >= 15 is 0 Å². The zero-order chi connectivity index (χ0) is 13.9. The third-order valence-corrected chi connectivity index (χ3v) is 5.11. The fraction of sp³-hybridized carbons (Fsp3) is 0.571. The van der Waals surface area contributed by atoms with Crippen LogP contribution < -0.4 is 4.72 Å². The third kappa shape index (κ3) is 3.86. The van der Waals surface area contributed by atoms with Crippen molar-refractivity contribution in [2.75, 3.05) is 10.5 Å². The lowest BCUT2D eigenvalue weighted by atomic mass is 9.91. The van der Waals surface area contributed by atoms with Gasteiger partial charge in [-0.15, -0.1) is 0 Å². The van der Waals surface area contributed by atoms with Crippen molar-refractivity contribution in [2.45, 2.75) is 39.0 Å². The van der Waals surface area contributed by atoms with Gasteiger partial charge in [0.2, 0.25) is 10.0 Å². The molecule has 2 rings (SSSR count). The monoisotopic (exact) mass is 283 g/mol. The summed E-state index contributed by atoms with van der Waals surface area (Å²) in [5.74, 6) is 0.380. The Morgan fingerprint density at radius 1 is 1.26 bits per heavy atom. The van der Waals surface area contributed by atoms with Gasteiger partial charge in [0.05, 0.1) is 11.4 Å². The molecule has 0 heterocycles. The minimum atomic E-state index is -3.39. The van der Waals surface area contributed by atoms with E-state index in [2.05, 4.69) is 4.72 Å². The van der Waals surface area contributed by atoms with Gasteiger partial charge in [0.25, 0.3) is 0 Å². The van der Waals surface area contributed by atoms with Crippen molar-refractivity contribution in [3.05, 3.63) is 23.8 Å². The lowest BCUT2D eigenvalue weighted by Gasteiger charge is -2.22. The molecule has 0 radical (unpaired) electrons. The molecule has 0 bridgehead atoms. The lowest BCUT2D eigenvalue weighted by molar-refractivity contribution is 0.385. The molecule has 1 aliphatic carbocycles. The minimum absolute atomic E-state index is 0.0211. The van der Waals surface area contributed by atoms with E-state index in [1.165, 1.54) is 12.5 Å². The molecule has 1 saturated carbocycles. The van der Waals surface area contributed by atoms with E-state index in [-0.39, 0.29) is 17.4 Å². The van der Waals surface area contributed by atoms with Gasteiger partial charge in [-0.05, 0) is 37.3 Å². The van der Waals surface area contributed by atoms with Gasteiger partial charge in [0.15, 0.2) is 0 Å². The fourth-order valence-electron chi connectivity index (χ4n) is 2.65. The molecule has 4 nitrogen and oxygen atoms in total. The Hall–Kier alpha value is -1.23. The Morgan fingerprint density at radius 2 is 1.95 bits per heavy atom. The van der Waals surface area contributed by atoms with E-state index in [9.17, 15) is 13.5 Å². The van der Waals surface area contributed by atoms with E-state index in [1.807, 2.05) is 0 Å². The Bertz CT molecular complexity index is 513. The van der Waals surface area contributed by atoms with Crippen LogP contribution in [0.2, 0.25) is 0 Å². The van der Waals surface area contributed by atoms with Crippen molar-refractivity contribution in [3.8, 4) is 5.75 Å². The van der Waals surface area contributed by atoms with Gasteiger partial charge in [-0.2, -0.15) is 0 Å². The zero-order valence-electron chi connectivity index (χ0n) is 11.2.